The van der Waals surface area contributed by atoms with E-state index in [-0.39, 0.29) is 5.91 Å². The van der Waals surface area contributed by atoms with Crippen LogP contribution in [0.4, 0.5) is 5.69 Å². The number of benzene rings is 2. The van der Waals surface area contributed by atoms with Crippen LogP contribution in [0.15, 0.2) is 42.5 Å². The second-order valence-corrected chi connectivity index (χ2v) is 5.43. The first kappa shape index (κ1) is 15.0. The normalized spacial score (nSPS) is 10.9. The standard InChI is InChI=1S/C19H21NO/c1-13-8-9-17(15(3)12-13)10-11-19(21)20-18-7-5-6-14(2)16(18)4/h5-12H,1-4H3,(H,20,21)/b11-10+. The summed E-state index contributed by atoms with van der Waals surface area (Å²) in [6, 6.07) is 12.1. The number of hydrogen-bond donors (Lipinski definition) is 1. The highest BCUT2D eigenvalue weighted by molar-refractivity contribution is 6.02. The molecule has 0 unspecified atom stereocenters. The maximum Gasteiger partial charge on any atom is 0.248 e. The molecule has 1 N–H and O–H groups in total. The van der Waals surface area contributed by atoms with Crippen LogP contribution in [-0.2, 0) is 4.79 Å². The maximum atomic E-state index is 12.0. The first-order valence-corrected chi connectivity index (χ1v) is 7.10. The lowest BCUT2D eigenvalue weighted by Crippen LogP contribution is -2.09. The summed E-state index contributed by atoms with van der Waals surface area (Å²) in [7, 11) is 0. The molecule has 0 radical (unpaired) electrons. The van der Waals surface area contributed by atoms with Crippen molar-refractivity contribution >= 4 is 17.7 Å². The molecule has 21 heavy (non-hydrogen) atoms. The van der Waals surface area contributed by atoms with Crippen LogP contribution >= 0.6 is 0 Å². The maximum absolute atomic E-state index is 12.0. The van der Waals surface area contributed by atoms with Crippen LogP contribution in [0, 0.1) is 27.7 Å². The Balaban J connectivity index is 2.11. The zero-order valence-corrected chi connectivity index (χ0v) is 13.0. The molecule has 2 rings (SSSR count). The van der Waals surface area contributed by atoms with Crippen LogP contribution in [0.5, 0.6) is 0 Å². The molecule has 0 saturated heterocycles. The summed E-state index contributed by atoms with van der Waals surface area (Å²) in [4.78, 5) is 12.0. The highest BCUT2D eigenvalue weighted by atomic mass is 16.1. The van der Waals surface area contributed by atoms with E-state index in [4.69, 9.17) is 0 Å². The summed E-state index contributed by atoms with van der Waals surface area (Å²) < 4.78 is 0. The van der Waals surface area contributed by atoms with Crippen molar-refractivity contribution < 1.29 is 4.79 Å². The minimum Gasteiger partial charge on any atom is -0.322 e. The summed E-state index contributed by atoms with van der Waals surface area (Å²) in [5.74, 6) is -0.108. The Bertz CT molecular complexity index is 699. The molecule has 0 heterocycles. The van der Waals surface area contributed by atoms with Gasteiger partial charge in [0.2, 0.25) is 5.91 Å². The topological polar surface area (TPSA) is 29.1 Å². The number of amides is 1. The molecular formula is C19H21NO. The lowest BCUT2D eigenvalue weighted by Gasteiger charge is -2.08. The van der Waals surface area contributed by atoms with E-state index in [9.17, 15) is 4.79 Å². The molecule has 2 aromatic rings. The Morgan fingerprint density at radius 1 is 1.00 bits per heavy atom. The van der Waals surface area contributed by atoms with E-state index in [0.717, 1.165) is 16.8 Å². The summed E-state index contributed by atoms with van der Waals surface area (Å²) in [6.07, 6.45) is 3.44. The Morgan fingerprint density at radius 2 is 1.76 bits per heavy atom. The number of nitrogens with one attached hydrogen (secondary N) is 1. The van der Waals surface area contributed by atoms with Crippen LogP contribution in [0.25, 0.3) is 6.08 Å². The third-order valence-corrected chi connectivity index (χ3v) is 3.70. The number of hydrogen-bond acceptors (Lipinski definition) is 1. The first-order valence-electron chi connectivity index (χ1n) is 7.10. The molecule has 108 valence electrons. The van der Waals surface area contributed by atoms with Crippen LogP contribution in [0.2, 0.25) is 0 Å². The fourth-order valence-corrected chi connectivity index (χ4v) is 2.24. The second-order valence-electron chi connectivity index (χ2n) is 5.43. The zero-order chi connectivity index (χ0) is 15.4. The quantitative estimate of drug-likeness (QED) is 0.819. The fourth-order valence-electron chi connectivity index (χ4n) is 2.24. The Labute approximate surface area is 126 Å². The van der Waals surface area contributed by atoms with Crippen molar-refractivity contribution in [1.29, 1.82) is 0 Å². The van der Waals surface area contributed by atoms with Crippen molar-refractivity contribution in [2.24, 2.45) is 0 Å². The van der Waals surface area contributed by atoms with Gasteiger partial charge >= 0.3 is 0 Å². The average molecular weight is 279 g/mol. The lowest BCUT2D eigenvalue weighted by molar-refractivity contribution is -0.111. The van der Waals surface area contributed by atoms with Crippen molar-refractivity contribution in [2.45, 2.75) is 27.7 Å². The SMILES string of the molecule is Cc1ccc(/C=C/C(=O)Nc2cccc(C)c2C)c(C)c1. The third-order valence-electron chi connectivity index (χ3n) is 3.70. The van der Waals surface area contributed by atoms with E-state index in [1.54, 1.807) is 6.08 Å². The second kappa shape index (κ2) is 6.40. The Morgan fingerprint density at radius 3 is 2.48 bits per heavy atom. The van der Waals surface area contributed by atoms with Gasteiger partial charge in [-0.25, -0.2) is 0 Å². The van der Waals surface area contributed by atoms with Crippen molar-refractivity contribution in [3.8, 4) is 0 Å². The van der Waals surface area contributed by atoms with Crippen LogP contribution in [0.3, 0.4) is 0 Å². The third kappa shape index (κ3) is 3.82. The zero-order valence-electron chi connectivity index (χ0n) is 13.0. The molecule has 2 heteroatoms. The molecule has 0 saturated carbocycles. The minimum atomic E-state index is -0.108. The van der Waals surface area contributed by atoms with Gasteiger partial charge in [0.1, 0.15) is 0 Å². The van der Waals surface area contributed by atoms with Gasteiger partial charge in [0.05, 0.1) is 0 Å². The van der Waals surface area contributed by atoms with Crippen molar-refractivity contribution in [1.82, 2.24) is 0 Å². The molecule has 0 spiro atoms. The van der Waals surface area contributed by atoms with Gasteiger partial charge in [0, 0.05) is 11.8 Å². The van der Waals surface area contributed by atoms with Gasteiger partial charge in [0.15, 0.2) is 0 Å². The predicted molar refractivity (Wildman–Crippen MR) is 89.5 cm³/mol. The molecule has 0 aliphatic carbocycles. The molecule has 1 amide bonds. The van der Waals surface area contributed by atoms with E-state index in [1.807, 2.05) is 44.2 Å². The van der Waals surface area contributed by atoms with Crippen LogP contribution in [0.1, 0.15) is 27.8 Å². The van der Waals surface area contributed by atoms with Crippen molar-refractivity contribution in [3.63, 3.8) is 0 Å². The van der Waals surface area contributed by atoms with Gasteiger partial charge in [0.25, 0.3) is 0 Å². The number of rotatable bonds is 3. The number of carbonyl (C=O) groups excluding carboxylic acids is 1. The van der Waals surface area contributed by atoms with Gasteiger partial charge < -0.3 is 5.32 Å². The molecule has 2 nitrogen and oxygen atoms in total. The molecule has 2 aromatic carbocycles. The summed E-state index contributed by atoms with van der Waals surface area (Å²) in [5.41, 5.74) is 6.61. The van der Waals surface area contributed by atoms with E-state index in [1.165, 1.54) is 16.7 Å². The van der Waals surface area contributed by atoms with E-state index < -0.39 is 0 Å². The molecule has 0 bridgehead atoms. The van der Waals surface area contributed by atoms with E-state index >= 15 is 0 Å². The summed E-state index contributed by atoms with van der Waals surface area (Å²) in [6.45, 7) is 8.16. The molecule has 0 atom stereocenters. The Kier molecular flexibility index (Phi) is 4.59. The summed E-state index contributed by atoms with van der Waals surface area (Å²) in [5, 5.41) is 2.93. The molecular weight excluding hydrogens is 258 g/mol. The summed E-state index contributed by atoms with van der Waals surface area (Å²) >= 11 is 0. The van der Waals surface area contributed by atoms with Crippen molar-refractivity contribution in [3.05, 3.63) is 70.3 Å². The molecule has 0 aliphatic rings. The first-order chi connectivity index (χ1) is 9.97. The largest absolute Gasteiger partial charge is 0.322 e. The van der Waals surface area contributed by atoms with Gasteiger partial charge in [-0.05, 0) is 62.1 Å². The lowest BCUT2D eigenvalue weighted by atomic mass is 10.1. The van der Waals surface area contributed by atoms with Gasteiger partial charge in [-0.2, -0.15) is 0 Å². The molecule has 0 aromatic heterocycles. The van der Waals surface area contributed by atoms with E-state index in [2.05, 4.69) is 31.3 Å². The van der Waals surface area contributed by atoms with Crippen molar-refractivity contribution in [2.75, 3.05) is 5.32 Å². The average Bonchev–Trinajstić information content (AvgIpc) is 2.43. The van der Waals surface area contributed by atoms with Gasteiger partial charge in [-0.1, -0.05) is 35.9 Å². The number of carbonyl (C=O) groups is 1. The smallest absolute Gasteiger partial charge is 0.248 e. The number of anilines is 1. The van der Waals surface area contributed by atoms with Crippen LogP contribution < -0.4 is 5.32 Å². The fraction of sp³-hybridized carbons (Fsp3) is 0.211. The minimum absolute atomic E-state index is 0.108. The predicted octanol–water partition coefficient (Wildman–Crippen LogP) is 4.57. The molecule has 0 aliphatic heterocycles. The van der Waals surface area contributed by atoms with Gasteiger partial charge in [-0.3, -0.25) is 4.79 Å². The van der Waals surface area contributed by atoms with Crippen LogP contribution in [-0.4, -0.2) is 5.91 Å². The van der Waals surface area contributed by atoms with Gasteiger partial charge in [-0.15, -0.1) is 0 Å². The highest BCUT2D eigenvalue weighted by Crippen LogP contribution is 2.18. The number of aryl methyl sites for hydroxylation is 3. The van der Waals surface area contributed by atoms with E-state index in [0.29, 0.717) is 0 Å². The Hall–Kier alpha value is -2.35. The molecule has 0 fully saturated rings. The highest BCUT2D eigenvalue weighted by Gasteiger charge is 2.03. The monoisotopic (exact) mass is 279 g/mol.